The molecule has 166 valence electrons. The molecule has 1 fully saturated rings. The van der Waals surface area contributed by atoms with Crippen molar-refractivity contribution < 1.29 is 13.9 Å². The molecule has 3 heterocycles. The van der Waals surface area contributed by atoms with Gasteiger partial charge in [0.05, 0.1) is 35.1 Å². The summed E-state index contributed by atoms with van der Waals surface area (Å²) in [7, 11) is 0. The van der Waals surface area contributed by atoms with Crippen LogP contribution in [0, 0.1) is 23.1 Å². The van der Waals surface area contributed by atoms with Crippen molar-refractivity contribution in [3.8, 4) is 11.8 Å². The van der Waals surface area contributed by atoms with Crippen LogP contribution in [-0.4, -0.2) is 40.4 Å². The Hall–Kier alpha value is -3.47. The van der Waals surface area contributed by atoms with Gasteiger partial charge in [0.25, 0.3) is 0 Å². The van der Waals surface area contributed by atoms with Crippen molar-refractivity contribution in [2.24, 2.45) is 5.92 Å². The number of carbonyl (C=O) groups excluding carboxylic acids is 1. The first-order valence-corrected chi connectivity index (χ1v) is 10.9. The van der Waals surface area contributed by atoms with Crippen LogP contribution < -0.4 is 4.90 Å². The second kappa shape index (κ2) is 8.95. The summed E-state index contributed by atoms with van der Waals surface area (Å²) in [6.45, 7) is 7.53. The fourth-order valence-electron chi connectivity index (χ4n) is 4.10. The average Bonchev–Trinajstić information content (AvgIpc) is 3.19. The summed E-state index contributed by atoms with van der Waals surface area (Å²) in [5.74, 6) is -0.694. The first-order valence-electron chi connectivity index (χ1n) is 10.9. The number of halogens is 1. The molecule has 2 aromatic heterocycles. The van der Waals surface area contributed by atoms with E-state index < -0.39 is 5.97 Å². The van der Waals surface area contributed by atoms with E-state index in [1.165, 1.54) is 12.1 Å². The smallest absolute Gasteiger partial charge is 0.357 e. The van der Waals surface area contributed by atoms with Crippen LogP contribution in [0.5, 0.6) is 0 Å². The average molecular weight is 436 g/mol. The minimum absolute atomic E-state index is 0.0413. The van der Waals surface area contributed by atoms with E-state index in [4.69, 9.17) is 9.84 Å². The molecule has 1 aromatic carbocycles. The molecular formula is C24H26FN5O2. The zero-order chi connectivity index (χ0) is 22.8. The second-order valence-corrected chi connectivity index (χ2v) is 8.26. The van der Waals surface area contributed by atoms with Crippen molar-refractivity contribution in [3.63, 3.8) is 0 Å². The molecule has 0 bridgehead atoms. The molecule has 1 aliphatic rings. The molecular weight excluding hydrogens is 409 g/mol. The first kappa shape index (κ1) is 21.8. The van der Waals surface area contributed by atoms with Crippen LogP contribution in [0.3, 0.4) is 0 Å². The molecule has 0 saturated carbocycles. The highest BCUT2D eigenvalue weighted by molar-refractivity contribution is 5.99. The molecule has 7 nitrogen and oxygen atoms in total. The lowest BCUT2D eigenvalue weighted by Gasteiger charge is -2.32. The maximum absolute atomic E-state index is 13.5. The summed E-state index contributed by atoms with van der Waals surface area (Å²) in [6, 6.07) is 10.2. The number of anilines is 1. The lowest BCUT2D eigenvalue weighted by Crippen LogP contribution is -2.33. The topological polar surface area (TPSA) is 84.0 Å². The largest absolute Gasteiger partial charge is 0.461 e. The van der Waals surface area contributed by atoms with Gasteiger partial charge in [0, 0.05) is 19.0 Å². The van der Waals surface area contributed by atoms with Gasteiger partial charge in [0.15, 0.2) is 11.3 Å². The molecule has 1 saturated heterocycles. The summed E-state index contributed by atoms with van der Waals surface area (Å²) in [4.78, 5) is 19.5. The van der Waals surface area contributed by atoms with Crippen molar-refractivity contribution >= 4 is 22.7 Å². The zero-order valence-corrected chi connectivity index (χ0v) is 18.5. The van der Waals surface area contributed by atoms with Gasteiger partial charge in [-0.2, -0.15) is 10.4 Å². The van der Waals surface area contributed by atoms with E-state index in [0.29, 0.717) is 24.4 Å². The lowest BCUT2D eigenvalue weighted by molar-refractivity contribution is 0.0520. The summed E-state index contributed by atoms with van der Waals surface area (Å²) in [6.07, 6.45) is 1.52. The Morgan fingerprint density at radius 1 is 1.28 bits per heavy atom. The van der Waals surface area contributed by atoms with Gasteiger partial charge >= 0.3 is 5.97 Å². The molecule has 0 amide bonds. The number of esters is 1. The van der Waals surface area contributed by atoms with Crippen molar-refractivity contribution in [2.45, 2.75) is 39.5 Å². The van der Waals surface area contributed by atoms with Crippen molar-refractivity contribution in [1.82, 2.24) is 14.8 Å². The highest BCUT2D eigenvalue weighted by Gasteiger charge is 2.27. The van der Waals surface area contributed by atoms with Crippen LogP contribution in [0.2, 0.25) is 0 Å². The zero-order valence-electron chi connectivity index (χ0n) is 18.5. The summed E-state index contributed by atoms with van der Waals surface area (Å²) in [5.41, 5.74) is 3.11. The SMILES string of the molecule is CCOC(=O)c1cc(N2CCC(C#N)CC2)c2c(C(C)C)nn(-c3ccc(F)cc3)c2n1. The molecule has 8 heteroatoms. The number of pyridine rings is 1. The van der Waals surface area contributed by atoms with Gasteiger partial charge in [0.1, 0.15) is 5.82 Å². The second-order valence-electron chi connectivity index (χ2n) is 8.26. The Morgan fingerprint density at radius 2 is 1.97 bits per heavy atom. The fourth-order valence-corrected chi connectivity index (χ4v) is 4.10. The lowest BCUT2D eigenvalue weighted by atomic mass is 9.97. The number of nitrogens with zero attached hydrogens (tertiary/aromatic N) is 5. The standard InChI is InChI=1S/C24H26FN5O2/c1-4-32-24(31)19-13-20(29-11-9-16(14-26)10-12-29)21-22(15(2)3)28-30(23(21)27-19)18-7-5-17(25)6-8-18/h5-8,13,15-16H,4,9-12H2,1-3H3. The van der Waals surface area contributed by atoms with E-state index >= 15 is 0 Å². The van der Waals surface area contributed by atoms with Gasteiger partial charge in [0.2, 0.25) is 0 Å². The molecule has 0 unspecified atom stereocenters. The van der Waals surface area contributed by atoms with E-state index in [-0.39, 0.29) is 30.0 Å². The number of hydrogen-bond acceptors (Lipinski definition) is 6. The highest BCUT2D eigenvalue weighted by Crippen LogP contribution is 2.36. The molecule has 3 aromatic rings. The van der Waals surface area contributed by atoms with Crippen LogP contribution in [0.15, 0.2) is 30.3 Å². The van der Waals surface area contributed by atoms with E-state index in [2.05, 4.69) is 29.8 Å². The number of benzene rings is 1. The molecule has 4 rings (SSSR count). The number of fused-ring (bicyclic) bond motifs is 1. The maximum Gasteiger partial charge on any atom is 0.357 e. The number of nitriles is 1. The Balaban J connectivity index is 1.95. The number of aromatic nitrogens is 3. The van der Waals surface area contributed by atoms with Crippen LogP contribution in [0.1, 0.15) is 55.7 Å². The van der Waals surface area contributed by atoms with Gasteiger partial charge in [-0.05, 0) is 56.0 Å². The van der Waals surface area contributed by atoms with Gasteiger partial charge in [-0.25, -0.2) is 18.9 Å². The predicted molar refractivity (Wildman–Crippen MR) is 119 cm³/mol. The summed E-state index contributed by atoms with van der Waals surface area (Å²) >= 11 is 0. The number of hydrogen-bond donors (Lipinski definition) is 0. The van der Waals surface area contributed by atoms with Crippen LogP contribution in [-0.2, 0) is 4.74 Å². The first-order chi connectivity index (χ1) is 15.4. The minimum atomic E-state index is -0.500. The van der Waals surface area contributed by atoms with Crippen molar-refractivity contribution in [2.75, 3.05) is 24.6 Å². The normalized spacial score (nSPS) is 14.7. The van der Waals surface area contributed by atoms with E-state index in [1.807, 2.05) is 0 Å². The quantitative estimate of drug-likeness (QED) is 0.545. The molecule has 0 spiro atoms. The highest BCUT2D eigenvalue weighted by atomic mass is 19.1. The number of piperidine rings is 1. The van der Waals surface area contributed by atoms with Crippen LogP contribution in [0.4, 0.5) is 10.1 Å². The molecule has 32 heavy (non-hydrogen) atoms. The van der Waals surface area contributed by atoms with Gasteiger partial charge in [-0.3, -0.25) is 0 Å². The molecule has 0 radical (unpaired) electrons. The Morgan fingerprint density at radius 3 is 2.56 bits per heavy atom. The third-order valence-electron chi connectivity index (χ3n) is 5.76. The number of ether oxygens (including phenoxy) is 1. The van der Waals surface area contributed by atoms with Gasteiger partial charge in [-0.1, -0.05) is 13.8 Å². The Kier molecular flexibility index (Phi) is 6.08. The summed E-state index contributed by atoms with van der Waals surface area (Å²) < 4.78 is 20.4. The molecule has 1 aliphatic heterocycles. The minimum Gasteiger partial charge on any atom is -0.461 e. The maximum atomic E-state index is 13.5. The summed E-state index contributed by atoms with van der Waals surface area (Å²) in [5, 5.41) is 15.0. The third-order valence-corrected chi connectivity index (χ3v) is 5.76. The third kappa shape index (κ3) is 4.03. The van der Waals surface area contributed by atoms with E-state index in [9.17, 15) is 14.4 Å². The number of rotatable bonds is 5. The number of carbonyl (C=O) groups is 1. The monoisotopic (exact) mass is 435 g/mol. The van der Waals surface area contributed by atoms with E-state index in [1.54, 1.807) is 29.8 Å². The van der Waals surface area contributed by atoms with Gasteiger partial charge < -0.3 is 9.64 Å². The van der Waals surface area contributed by atoms with Crippen molar-refractivity contribution in [3.05, 3.63) is 47.5 Å². The fraction of sp³-hybridized carbons (Fsp3) is 0.417. The predicted octanol–water partition coefficient (Wildman–Crippen LogP) is 4.60. The molecule has 0 aliphatic carbocycles. The molecule has 0 N–H and O–H groups in total. The molecule has 0 atom stereocenters. The van der Waals surface area contributed by atoms with E-state index in [0.717, 1.165) is 29.6 Å². The van der Waals surface area contributed by atoms with Crippen molar-refractivity contribution in [1.29, 1.82) is 5.26 Å². The van der Waals surface area contributed by atoms with Crippen LogP contribution >= 0.6 is 0 Å². The Bertz CT molecular complexity index is 1170. The Labute approximate surface area is 186 Å². The van der Waals surface area contributed by atoms with Crippen LogP contribution in [0.25, 0.3) is 16.7 Å². The van der Waals surface area contributed by atoms with Gasteiger partial charge in [-0.15, -0.1) is 0 Å².